The lowest BCUT2D eigenvalue weighted by molar-refractivity contribution is -0.134. The van der Waals surface area contributed by atoms with Crippen LogP contribution < -0.4 is 10.5 Å². The van der Waals surface area contributed by atoms with E-state index in [1.165, 1.54) is 30.3 Å². The first-order valence-corrected chi connectivity index (χ1v) is 9.37. The van der Waals surface area contributed by atoms with Crippen LogP contribution in [0.1, 0.15) is 6.42 Å². The molecule has 0 spiro atoms. The summed E-state index contributed by atoms with van der Waals surface area (Å²) in [5.74, 6) is -0.845. The van der Waals surface area contributed by atoms with Gasteiger partial charge in [0, 0.05) is 16.1 Å². The molecule has 0 aliphatic heterocycles. The second-order valence-electron chi connectivity index (χ2n) is 5.14. The Hall–Kier alpha value is -1.60. The van der Waals surface area contributed by atoms with Crippen LogP contribution in [0.15, 0.2) is 53.4 Å². The van der Waals surface area contributed by atoms with E-state index >= 15 is 0 Å². The molecular weight excluding hydrogens is 373 g/mol. The van der Waals surface area contributed by atoms with Crippen molar-refractivity contribution in [3.05, 3.63) is 58.6 Å². The van der Waals surface area contributed by atoms with Crippen molar-refractivity contribution in [1.82, 2.24) is 0 Å². The minimum absolute atomic E-state index is 0.162. The van der Waals surface area contributed by atoms with Crippen molar-refractivity contribution in [3.63, 3.8) is 0 Å². The van der Waals surface area contributed by atoms with E-state index in [2.05, 4.69) is 0 Å². The largest absolute Gasteiger partial charge is 0.426 e. The van der Waals surface area contributed by atoms with E-state index < -0.39 is 21.8 Å². The fourth-order valence-corrected chi connectivity index (χ4v) is 3.99. The molecule has 2 rings (SSSR count). The molecule has 1 atom stereocenters. The minimum atomic E-state index is -3.57. The number of rotatable bonds is 6. The molecule has 8 heteroatoms. The van der Waals surface area contributed by atoms with E-state index in [9.17, 15) is 13.2 Å². The highest BCUT2D eigenvalue weighted by molar-refractivity contribution is 7.91. The van der Waals surface area contributed by atoms with E-state index in [-0.39, 0.29) is 22.8 Å². The molecule has 24 heavy (non-hydrogen) atoms. The standard InChI is InChI=1S/C16H15Cl2NO4S/c17-11-6-12(18)8-14(7-11)23-16(20)9-13(19)10-24(21,22)15-4-2-1-3-5-15/h1-8,13H,9-10,19H2. The molecule has 0 bridgehead atoms. The van der Waals surface area contributed by atoms with Gasteiger partial charge in [-0.05, 0) is 30.3 Å². The van der Waals surface area contributed by atoms with Crippen LogP contribution in [0.4, 0.5) is 0 Å². The van der Waals surface area contributed by atoms with Crippen molar-refractivity contribution < 1.29 is 17.9 Å². The van der Waals surface area contributed by atoms with Gasteiger partial charge >= 0.3 is 5.97 Å². The Morgan fingerprint density at radius 2 is 1.67 bits per heavy atom. The first-order valence-electron chi connectivity index (χ1n) is 6.96. The zero-order valence-electron chi connectivity index (χ0n) is 12.5. The molecule has 2 N–H and O–H groups in total. The maximum absolute atomic E-state index is 12.2. The number of carbonyl (C=O) groups is 1. The molecule has 128 valence electrons. The maximum Gasteiger partial charge on any atom is 0.312 e. The Kier molecular flexibility index (Phi) is 6.23. The number of benzene rings is 2. The Labute approximate surface area is 150 Å². The average molecular weight is 388 g/mol. The summed E-state index contributed by atoms with van der Waals surface area (Å²) in [6.45, 7) is 0. The third kappa shape index (κ3) is 5.49. The molecule has 0 fully saturated rings. The SMILES string of the molecule is NC(CC(=O)Oc1cc(Cl)cc(Cl)c1)CS(=O)(=O)c1ccccc1. The van der Waals surface area contributed by atoms with Crippen LogP contribution in [0.5, 0.6) is 5.75 Å². The zero-order chi connectivity index (χ0) is 17.7. The molecule has 0 aliphatic rings. The summed E-state index contributed by atoms with van der Waals surface area (Å²) in [6.07, 6.45) is -0.254. The summed E-state index contributed by atoms with van der Waals surface area (Å²) in [7, 11) is -3.57. The fraction of sp³-hybridized carbons (Fsp3) is 0.188. The van der Waals surface area contributed by atoms with Crippen LogP contribution >= 0.6 is 23.2 Å². The van der Waals surface area contributed by atoms with E-state index in [4.69, 9.17) is 33.7 Å². The fourth-order valence-electron chi connectivity index (χ4n) is 2.04. The van der Waals surface area contributed by atoms with Crippen molar-refractivity contribution >= 4 is 39.0 Å². The van der Waals surface area contributed by atoms with Crippen LogP contribution in [0.3, 0.4) is 0 Å². The first kappa shape index (κ1) is 18.7. The molecule has 0 amide bonds. The van der Waals surface area contributed by atoms with Crippen molar-refractivity contribution in [2.45, 2.75) is 17.4 Å². The highest BCUT2D eigenvalue weighted by atomic mass is 35.5. The lowest BCUT2D eigenvalue weighted by atomic mass is 10.2. The summed E-state index contributed by atoms with van der Waals surface area (Å²) in [5, 5.41) is 0.641. The van der Waals surface area contributed by atoms with Crippen LogP contribution in [0.2, 0.25) is 10.0 Å². The number of ether oxygens (including phenoxy) is 1. The number of halogens is 2. The van der Waals surface area contributed by atoms with Gasteiger partial charge in [-0.3, -0.25) is 4.79 Å². The van der Waals surface area contributed by atoms with E-state index in [1.54, 1.807) is 18.2 Å². The predicted molar refractivity (Wildman–Crippen MR) is 93.2 cm³/mol. The third-order valence-electron chi connectivity index (χ3n) is 3.03. The van der Waals surface area contributed by atoms with Gasteiger partial charge in [0.05, 0.1) is 17.1 Å². The summed E-state index contributed by atoms with van der Waals surface area (Å²) in [6, 6.07) is 11.4. The van der Waals surface area contributed by atoms with Crippen LogP contribution in [0.25, 0.3) is 0 Å². The monoisotopic (exact) mass is 387 g/mol. The topological polar surface area (TPSA) is 86.5 Å². The van der Waals surface area contributed by atoms with E-state index in [0.29, 0.717) is 10.0 Å². The number of carbonyl (C=O) groups excluding carboxylic acids is 1. The highest BCUT2D eigenvalue weighted by Crippen LogP contribution is 2.24. The third-order valence-corrected chi connectivity index (χ3v) is 5.33. The second kappa shape index (κ2) is 7.98. The summed E-state index contributed by atoms with van der Waals surface area (Å²) >= 11 is 11.6. The van der Waals surface area contributed by atoms with Gasteiger partial charge in [-0.25, -0.2) is 8.42 Å². The zero-order valence-corrected chi connectivity index (χ0v) is 14.8. The summed E-state index contributed by atoms with van der Waals surface area (Å²) in [5.41, 5.74) is 5.78. The average Bonchev–Trinajstić information content (AvgIpc) is 2.46. The van der Waals surface area contributed by atoms with Gasteiger partial charge in [-0.15, -0.1) is 0 Å². The normalized spacial score (nSPS) is 12.6. The number of nitrogens with two attached hydrogens (primary N) is 1. The van der Waals surface area contributed by atoms with Gasteiger partial charge in [-0.1, -0.05) is 41.4 Å². The van der Waals surface area contributed by atoms with Crippen LogP contribution in [-0.4, -0.2) is 26.2 Å². The molecular formula is C16H15Cl2NO4S. The lowest BCUT2D eigenvalue weighted by Gasteiger charge is -2.12. The molecule has 0 saturated heterocycles. The van der Waals surface area contributed by atoms with Crippen molar-refractivity contribution in [1.29, 1.82) is 0 Å². The van der Waals surface area contributed by atoms with Gasteiger partial charge in [0.2, 0.25) is 0 Å². The molecule has 0 aromatic heterocycles. The Balaban J connectivity index is 1.96. The van der Waals surface area contributed by atoms with Crippen LogP contribution in [-0.2, 0) is 14.6 Å². The van der Waals surface area contributed by atoms with Gasteiger partial charge in [0.25, 0.3) is 0 Å². The Bertz CT molecular complexity index is 805. The second-order valence-corrected chi connectivity index (χ2v) is 8.04. The highest BCUT2D eigenvalue weighted by Gasteiger charge is 2.21. The maximum atomic E-state index is 12.2. The Morgan fingerprint density at radius 3 is 2.25 bits per heavy atom. The predicted octanol–water partition coefficient (Wildman–Crippen LogP) is 3.09. The molecule has 0 radical (unpaired) electrons. The number of hydrogen-bond donors (Lipinski definition) is 1. The number of hydrogen-bond acceptors (Lipinski definition) is 5. The van der Waals surface area contributed by atoms with Crippen molar-refractivity contribution in [2.75, 3.05) is 5.75 Å². The van der Waals surface area contributed by atoms with E-state index in [0.717, 1.165) is 0 Å². The molecule has 2 aromatic rings. The Morgan fingerprint density at radius 1 is 1.08 bits per heavy atom. The molecule has 0 aliphatic carbocycles. The van der Waals surface area contributed by atoms with Gasteiger partial charge in [0.1, 0.15) is 5.75 Å². The smallest absolute Gasteiger partial charge is 0.312 e. The number of esters is 1. The van der Waals surface area contributed by atoms with Crippen molar-refractivity contribution in [2.24, 2.45) is 5.73 Å². The minimum Gasteiger partial charge on any atom is -0.426 e. The van der Waals surface area contributed by atoms with Gasteiger partial charge in [-0.2, -0.15) is 0 Å². The summed E-state index contributed by atoms with van der Waals surface area (Å²) in [4.78, 5) is 12.0. The molecule has 0 saturated carbocycles. The molecule has 5 nitrogen and oxygen atoms in total. The lowest BCUT2D eigenvalue weighted by Crippen LogP contribution is -2.33. The van der Waals surface area contributed by atoms with E-state index in [1.807, 2.05) is 0 Å². The summed E-state index contributed by atoms with van der Waals surface area (Å²) < 4.78 is 29.5. The number of sulfone groups is 1. The first-order chi connectivity index (χ1) is 11.3. The molecule has 2 aromatic carbocycles. The van der Waals surface area contributed by atoms with Crippen LogP contribution in [0, 0.1) is 0 Å². The van der Waals surface area contributed by atoms with Gasteiger partial charge in [0.15, 0.2) is 9.84 Å². The quantitative estimate of drug-likeness (QED) is 0.607. The van der Waals surface area contributed by atoms with Crippen molar-refractivity contribution in [3.8, 4) is 5.75 Å². The molecule has 1 unspecified atom stereocenters. The molecule has 0 heterocycles. The van der Waals surface area contributed by atoms with Gasteiger partial charge < -0.3 is 10.5 Å².